The summed E-state index contributed by atoms with van der Waals surface area (Å²) in [5.41, 5.74) is 0.644. The van der Waals surface area contributed by atoms with Crippen molar-refractivity contribution in [3.05, 3.63) is 58.3 Å². The van der Waals surface area contributed by atoms with Crippen molar-refractivity contribution >= 4 is 43.5 Å². The van der Waals surface area contributed by atoms with Gasteiger partial charge in [0.2, 0.25) is 10.0 Å². The van der Waals surface area contributed by atoms with Crippen LogP contribution in [0.5, 0.6) is 0 Å². The predicted molar refractivity (Wildman–Crippen MR) is 100 cm³/mol. The normalized spacial score (nSPS) is 11.1. The highest BCUT2D eigenvalue weighted by molar-refractivity contribution is 9.10. The van der Waals surface area contributed by atoms with Crippen LogP contribution in [-0.4, -0.2) is 33.4 Å². The summed E-state index contributed by atoms with van der Waals surface area (Å²) in [6, 6.07) is 10.2. The number of ether oxygens (including phenoxy) is 1. The van der Waals surface area contributed by atoms with Gasteiger partial charge in [0.05, 0.1) is 4.90 Å². The molecule has 0 aliphatic carbocycles. The highest BCUT2D eigenvalue weighted by atomic mass is 79.9. The zero-order chi connectivity index (χ0) is 20.0. The van der Waals surface area contributed by atoms with Gasteiger partial charge in [0.1, 0.15) is 12.4 Å². The molecular formula is C17H16BrFN2O5S. The quantitative estimate of drug-likeness (QED) is 0.620. The Morgan fingerprint density at radius 1 is 1.19 bits per heavy atom. The molecule has 144 valence electrons. The number of hydrogen-bond donors (Lipinski definition) is 2. The van der Waals surface area contributed by atoms with E-state index in [1.165, 1.54) is 24.3 Å². The second kappa shape index (κ2) is 9.07. The molecule has 0 atom stereocenters. The van der Waals surface area contributed by atoms with Crippen LogP contribution in [0, 0.1) is 12.7 Å². The molecule has 1 amide bonds. The number of halogens is 2. The van der Waals surface area contributed by atoms with E-state index in [0.29, 0.717) is 10.0 Å². The van der Waals surface area contributed by atoms with E-state index in [1.54, 1.807) is 19.1 Å². The van der Waals surface area contributed by atoms with Crippen LogP contribution in [0.25, 0.3) is 0 Å². The van der Waals surface area contributed by atoms with E-state index >= 15 is 0 Å². The van der Waals surface area contributed by atoms with E-state index in [2.05, 4.69) is 26.0 Å². The van der Waals surface area contributed by atoms with E-state index in [4.69, 9.17) is 4.74 Å². The van der Waals surface area contributed by atoms with Gasteiger partial charge in [-0.3, -0.25) is 9.59 Å². The van der Waals surface area contributed by atoms with Gasteiger partial charge in [-0.1, -0.05) is 18.2 Å². The first kappa shape index (κ1) is 21.0. The highest BCUT2D eigenvalue weighted by Gasteiger charge is 2.19. The molecule has 0 fully saturated rings. The molecule has 0 spiro atoms. The van der Waals surface area contributed by atoms with Crippen LogP contribution in [0.1, 0.15) is 5.56 Å². The van der Waals surface area contributed by atoms with Gasteiger partial charge in [0, 0.05) is 10.2 Å². The Morgan fingerprint density at radius 3 is 2.56 bits per heavy atom. The van der Waals surface area contributed by atoms with Crippen LogP contribution < -0.4 is 10.0 Å². The Kier molecular flexibility index (Phi) is 7.05. The lowest BCUT2D eigenvalue weighted by molar-refractivity contribution is -0.146. The fraction of sp³-hybridized carbons (Fsp3) is 0.176. The summed E-state index contributed by atoms with van der Waals surface area (Å²) < 4.78 is 44.8. The molecule has 0 heterocycles. The molecule has 0 unspecified atom stereocenters. The molecule has 10 heteroatoms. The summed E-state index contributed by atoms with van der Waals surface area (Å²) in [6.45, 7) is 0.305. The predicted octanol–water partition coefficient (Wildman–Crippen LogP) is 2.36. The molecule has 0 aromatic heterocycles. The molecule has 0 aliphatic rings. The van der Waals surface area contributed by atoms with Crippen molar-refractivity contribution in [1.82, 2.24) is 4.72 Å². The van der Waals surface area contributed by atoms with Crippen LogP contribution in [0.15, 0.2) is 51.8 Å². The average molecular weight is 459 g/mol. The lowest BCUT2D eigenvalue weighted by Crippen LogP contribution is -2.32. The van der Waals surface area contributed by atoms with Gasteiger partial charge in [-0.25, -0.2) is 12.8 Å². The Labute approximate surface area is 164 Å². The van der Waals surface area contributed by atoms with E-state index in [0.717, 1.165) is 6.07 Å². The maximum atomic E-state index is 13.4. The highest BCUT2D eigenvalue weighted by Crippen LogP contribution is 2.20. The largest absolute Gasteiger partial charge is 0.455 e. The fourth-order valence-electron chi connectivity index (χ4n) is 1.96. The molecule has 27 heavy (non-hydrogen) atoms. The SMILES string of the molecule is Cc1ccc(NC(=O)COC(=O)CNS(=O)(=O)c2ccccc2Br)cc1F. The minimum Gasteiger partial charge on any atom is -0.455 e. The maximum absolute atomic E-state index is 13.4. The molecule has 0 aliphatic heterocycles. The summed E-state index contributed by atoms with van der Waals surface area (Å²) in [5.74, 6) is -2.09. The summed E-state index contributed by atoms with van der Waals surface area (Å²) in [6.07, 6.45) is 0. The standard InChI is InChI=1S/C17H16BrFN2O5S/c1-11-6-7-12(8-14(11)19)21-16(22)10-26-17(23)9-20-27(24,25)15-5-3-2-4-13(15)18/h2-8,20H,9-10H2,1H3,(H,21,22). The Balaban J connectivity index is 1.83. The first-order valence-corrected chi connectivity index (χ1v) is 9.92. The third-order valence-electron chi connectivity index (χ3n) is 3.35. The number of benzene rings is 2. The number of anilines is 1. The zero-order valence-corrected chi connectivity index (χ0v) is 16.6. The van der Waals surface area contributed by atoms with Crippen molar-refractivity contribution in [2.75, 3.05) is 18.5 Å². The monoisotopic (exact) mass is 458 g/mol. The van der Waals surface area contributed by atoms with Crippen LogP contribution >= 0.6 is 15.9 Å². The molecule has 0 bridgehead atoms. The van der Waals surface area contributed by atoms with Gasteiger partial charge in [-0.05, 0) is 52.7 Å². The molecule has 0 radical (unpaired) electrons. The first-order valence-electron chi connectivity index (χ1n) is 7.65. The van der Waals surface area contributed by atoms with Gasteiger partial charge in [0.15, 0.2) is 6.61 Å². The number of amides is 1. The third-order valence-corrected chi connectivity index (χ3v) is 5.77. The van der Waals surface area contributed by atoms with E-state index in [-0.39, 0.29) is 10.6 Å². The first-order chi connectivity index (χ1) is 12.7. The minimum atomic E-state index is -3.92. The van der Waals surface area contributed by atoms with Crippen molar-refractivity contribution in [1.29, 1.82) is 0 Å². The summed E-state index contributed by atoms with van der Waals surface area (Å²) in [4.78, 5) is 23.4. The summed E-state index contributed by atoms with van der Waals surface area (Å²) in [5, 5.41) is 2.37. The number of esters is 1. The topological polar surface area (TPSA) is 102 Å². The van der Waals surface area contributed by atoms with Crippen molar-refractivity contribution in [3.8, 4) is 0 Å². The van der Waals surface area contributed by atoms with E-state index in [9.17, 15) is 22.4 Å². The lowest BCUT2D eigenvalue weighted by atomic mass is 10.2. The van der Waals surface area contributed by atoms with Gasteiger partial charge in [0.25, 0.3) is 5.91 Å². The number of hydrogen-bond acceptors (Lipinski definition) is 5. The third kappa shape index (κ3) is 6.12. The summed E-state index contributed by atoms with van der Waals surface area (Å²) in [7, 11) is -3.92. The zero-order valence-electron chi connectivity index (χ0n) is 14.2. The smallest absolute Gasteiger partial charge is 0.321 e. The lowest BCUT2D eigenvalue weighted by Gasteiger charge is -2.09. The van der Waals surface area contributed by atoms with E-state index in [1.807, 2.05) is 0 Å². The fourth-order valence-corrected chi connectivity index (χ4v) is 3.93. The molecule has 0 saturated heterocycles. The maximum Gasteiger partial charge on any atom is 0.321 e. The molecule has 0 saturated carbocycles. The molecule has 2 N–H and O–H groups in total. The molecule has 7 nitrogen and oxygen atoms in total. The Bertz CT molecular complexity index is 966. The van der Waals surface area contributed by atoms with Crippen LogP contribution in [0.3, 0.4) is 0 Å². The number of rotatable bonds is 7. The van der Waals surface area contributed by atoms with Crippen molar-refractivity contribution < 1.29 is 27.1 Å². The van der Waals surface area contributed by atoms with Gasteiger partial charge in [-0.15, -0.1) is 0 Å². The number of carbonyl (C=O) groups is 2. The molecule has 2 rings (SSSR count). The Hall–Kier alpha value is -2.30. The van der Waals surface area contributed by atoms with Crippen molar-refractivity contribution in [2.24, 2.45) is 0 Å². The average Bonchev–Trinajstić information content (AvgIpc) is 2.61. The molecule has 2 aromatic carbocycles. The molecular weight excluding hydrogens is 443 g/mol. The van der Waals surface area contributed by atoms with Gasteiger partial charge < -0.3 is 10.1 Å². The van der Waals surface area contributed by atoms with Gasteiger partial charge in [-0.2, -0.15) is 4.72 Å². The number of aryl methyl sites for hydroxylation is 1. The Morgan fingerprint density at radius 2 is 1.89 bits per heavy atom. The number of sulfonamides is 1. The number of carbonyl (C=O) groups excluding carboxylic acids is 2. The second-order valence-electron chi connectivity index (χ2n) is 5.43. The van der Waals surface area contributed by atoms with Crippen LogP contribution in [-0.2, 0) is 24.3 Å². The van der Waals surface area contributed by atoms with E-state index < -0.39 is 40.9 Å². The summed E-state index contributed by atoms with van der Waals surface area (Å²) >= 11 is 3.11. The minimum absolute atomic E-state index is 0.0306. The van der Waals surface area contributed by atoms with Gasteiger partial charge >= 0.3 is 5.97 Å². The second-order valence-corrected chi connectivity index (χ2v) is 8.02. The van der Waals surface area contributed by atoms with Crippen molar-refractivity contribution in [3.63, 3.8) is 0 Å². The number of nitrogens with one attached hydrogen (secondary N) is 2. The molecule has 2 aromatic rings. The van der Waals surface area contributed by atoms with Crippen molar-refractivity contribution in [2.45, 2.75) is 11.8 Å². The van der Waals surface area contributed by atoms with Crippen LogP contribution in [0.4, 0.5) is 10.1 Å². The van der Waals surface area contributed by atoms with Crippen LogP contribution in [0.2, 0.25) is 0 Å².